The van der Waals surface area contributed by atoms with E-state index in [4.69, 9.17) is 0 Å². The zero-order valence-corrected chi connectivity index (χ0v) is 16.5. The van der Waals surface area contributed by atoms with Gasteiger partial charge in [-0.2, -0.15) is 0 Å². The highest BCUT2D eigenvalue weighted by Gasteiger charge is 2.11. The molecule has 1 N–H and O–H groups in total. The van der Waals surface area contributed by atoms with Gasteiger partial charge < -0.3 is 10.2 Å². The molecule has 6 heteroatoms. The molecule has 1 aliphatic rings. The molecular weight excluding hydrogens is 369 g/mol. The van der Waals surface area contributed by atoms with Crippen LogP contribution in [0.4, 0.5) is 0 Å². The lowest BCUT2D eigenvalue weighted by Crippen LogP contribution is -2.26. The molecule has 26 heavy (non-hydrogen) atoms. The van der Waals surface area contributed by atoms with Crippen LogP contribution in [0.3, 0.4) is 0 Å². The van der Waals surface area contributed by atoms with E-state index in [0.29, 0.717) is 12.1 Å². The Kier molecular flexibility index (Phi) is 10.3. The summed E-state index contributed by atoms with van der Waals surface area (Å²) in [6, 6.07) is 14.0. The molecule has 2 aromatic rings. The third kappa shape index (κ3) is 6.94. The van der Waals surface area contributed by atoms with Crippen molar-refractivity contribution in [2.75, 3.05) is 26.2 Å². The summed E-state index contributed by atoms with van der Waals surface area (Å²) < 4.78 is 0. The molecule has 1 fully saturated rings. The molecule has 142 valence electrons. The highest BCUT2D eigenvalue weighted by Crippen LogP contribution is 2.09. The normalized spacial score (nSPS) is 13.5. The summed E-state index contributed by atoms with van der Waals surface area (Å²) in [4.78, 5) is 19.1. The summed E-state index contributed by atoms with van der Waals surface area (Å²) in [7, 11) is 0. The lowest BCUT2D eigenvalue weighted by molar-refractivity contribution is 0.0953. The minimum Gasteiger partial charge on any atom is -0.352 e. The number of rotatable bonds is 7. The lowest BCUT2D eigenvalue weighted by atomic mass is 10.1. The van der Waals surface area contributed by atoms with Crippen LogP contribution in [0.25, 0.3) is 0 Å². The van der Waals surface area contributed by atoms with Gasteiger partial charge in [-0.15, -0.1) is 24.8 Å². The molecule has 1 aliphatic heterocycles. The molecule has 4 nitrogen and oxygen atoms in total. The zero-order chi connectivity index (χ0) is 16.6. The summed E-state index contributed by atoms with van der Waals surface area (Å²) in [5, 5.41) is 2.96. The number of carbonyl (C=O) groups excluding carboxylic acids is 1. The summed E-state index contributed by atoms with van der Waals surface area (Å²) in [6.07, 6.45) is 6.12. The van der Waals surface area contributed by atoms with E-state index in [1.165, 1.54) is 31.5 Å². The summed E-state index contributed by atoms with van der Waals surface area (Å²) in [5.41, 5.74) is 2.92. The van der Waals surface area contributed by atoms with Crippen LogP contribution in [0.5, 0.6) is 0 Å². The van der Waals surface area contributed by atoms with Gasteiger partial charge in [-0.3, -0.25) is 9.78 Å². The first-order valence-corrected chi connectivity index (χ1v) is 8.81. The van der Waals surface area contributed by atoms with Gasteiger partial charge in [-0.05, 0) is 50.0 Å². The van der Waals surface area contributed by atoms with E-state index in [0.717, 1.165) is 25.1 Å². The number of carbonyl (C=O) groups is 1. The van der Waals surface area contributed by atoms with Gasteiger partial charge in [0.2, 0.25) is 0 Å². The Hall–Kier alpha value is -1.62. The third-order valence-electron chi connectivity index (χ3n) is 4.51. The third-order valence-corrected chi connectivity index (χ3v) is 4.51. The van der Waals surface area contributed by atoms with Crippen molar-refractivity contribution in [3.8, 4) is 0 Å². The Morgan fingerprint density at radius 2 is 1.73 bits per heavy atom. The van der Waals surface area contributed by atoms with E-state index in [1.807, 2.05) is 30.3 Å². The number of likely N-dealkylation sites (tertiary alicyclic amines) is 1. The largest absolute Gasteiger partial charge is 0.352 e. The van der Waals surface area contributed by atoms with Crippen LogP contribution in [0, 0.1) is 0 Å². The maximum atomic E-state index is 12.2. The Bertz CT molecular complexity index is 644. The molecule has 0 saturated carbocycles. The van der Waals surface area contributed by atoms with Crippen molar-refractivity contribution in [1.29, 1.82) is 0 Å². The fourth-order valence-corrected chi connectivity index (χ4v) is 3.05. The van der Waals surface area contributed by atoms with Crippen molar-refractivity contribution in [3.05, 3.63) is 65.5 Å². The molecule has 1 amide bonds. The molecule has 1 aromatic heterocycles. The molecular formula is C20H27Cl2N3O. The van der Waals surface area contributed by atoms with Crippen LogP contribution in [0.15, 0.2) is 48.7 Å². The summed E-state index contributed by atoms with van der Waals surface area (Å²) in [5.74, 6) is -0.0514. The van der Waals surface area contributed by atoms with Gasteiger partial charge in [0.1, 0.15) is 0 Å². The summed E-state index contributed by atoms with van der Waals surface area (Å²) >= 11 is 0. The van der Waals surface area contributed by atoms with E-state index in [-0.39, 0.29) is 30.7 Å². The number of nitrogens with zero attached hydrogens (tertiary/aromatic N) is 2. The quantitative estimate of drug-likeness (QED) is 0.779. The Morgan fingerprint density at radius 3 is 2.38 bits per heavy atom. The molecule has 1 aromatic carbocycles. The Balaban J connectivity index is 0.00000169. The number of amides is 1. The number of pyridine rings is 1. The molecule has 0 aliphatic carbocycles. The van der Waals surface area contributed by atoms with Gasteiger partial charge >= 0.3 is 0 Å². The van der Waals surface area contributed by atoms with Gasteiger partial charge in [0.15, 0.2) is 0 Å². The Morgan fingerprint density at radius 1 is 1.00 bits per heavy atom. The van der Waals surface area contributed by atoms with Crippen LogP contribution in [-0.2, 0) is 12.8 Å². The predicted molar refractivity (Wildman–Crippen MR) is 111 cm³/mol. The molecule has 0 radical (unpaired) electrons. The van der Waals surface area contributed by atoms with E-state index in [2.05, 4.69) is 27.3 Å². The topological polar surface area (TPSA) is 45.2 Å². The number of nitrogens with one attached hydrogen (secondary N) is 1. The fraction of sp³-hybridized carbons (Fsp3) is 0.400. The number of aromatic nitrogens is 1. The SMILES string of the molecule is Cl.Cl.O=C(NCCc1ccccc1)c1ccc(CCN2CCCC2)nc1. The van der Waals surface area contributed by atoms with Crippen LogP contribution in [0.2, 0.25) is 0 Å². The standard InChI is InChI=1S/C20H25N3O.2ClH/c24-20(21-12-10-17-6-2-1-3-7-17)18-8-9-19(22-16-18)11-15-23-13-4-5-14-23;;/h1-3,6-9,16H,4-5,10-15H2,(H,21,24);2*1H. The number of hydrogen-bond acceptors (Lipinski definition) is 3. The molecule has 1 saturated heterocycles. The number of benzene rings is 1. The highest BCUT2D eigenvalue weighted by atomic mass is 35.5. The molecule has 2 heterocycles. The average molecular weight is 396 g/mol. The van der Waals surface area contributed by atoms with Gasteiger partial charge in [-0.25, -0.2) is 0 Å². The van der Waals surface area contributed by atoms with Crippen molar-refractivity contribution < 1.29 is 4.79 Å². The first-order valence-electron chi connectivity index (χ1n) is 8.81. The summed E-state index contributed by atoms with van der Waals surface area (Å²) in [6.45, 7) is 4.12. The van der Waals surface area contributed by atoms with Gasteiger partial charge in [0.05, 0.1) is 5.56 Å². The highest BCUT2D eigenvalue weighted by molar-refractivity contribution is 5.93. The molecule has 0 spiro atoms. The first kappa shape index (κ1) is 22.4. The van der Waals surface area contributed by atoms with Gasteiger partial charge in [0, 0.05) is 31.4 Å². The smallest absolute Gasteiger partial charge is 0.252 e. The minimum absolute atomic E-state index is 0. The second-order valence-electron chi connectivity index (χ2n) is 6.33. The lowest BCUT2D eigenvalue weighted by Gasteiger charge is -2.13. The van der Waals surface area contributed by atoms with Crippen molar-refractivity contribution >= 4 is 30.7 Å². The van der Waals surface area contributed by atoms with Crippen molar-refractivity contribution in [1.82, 2.24) is 15.2 Å². The van der Waals surface area contributed by atoms with Crippen molar-refractivity contribution in [3.63, 3.8) is 0 Å². The van der Waals surface area contributed by atoms with Gasteiger partial charge in [0.25, 0.3) is 5.91 Å². The minimum atomic E-state index is -0.0514. The van der Waals surface area contributed by atoms with Crippen LogP contribution in [0.1, 0.15) is 34.5 Å². The molecule has 3 rings (SSSR count). The molecule has 0 bridgehead atoms. The fourth-order valence-electron chi connectivity index (χ4n) is 3.05. The van der Waals surface area contributed by atoms with Crippen LogP contribution < -0.4 is 5.32 Å². The van der Waals surface area contributed by atoms with E-state index < -0.39 is 0 Å². The maximum Gasteiger partial charge on any atom is 0.252 e. The number of halogens is 2. The second kappa shape index (κ2) is 11.9. The molecule has 0 atom stereocenters. The average Bonchev–Trinajstić information content (AvgIpc) is 3.15. The van der Waals surface area contributed by atoms with Crippen LogP contribution >= 0.6 is 24.8 Å². The zero-order valence-electron chi connectivity index (χ0n) is 14.9. The second-order valence-corrected chi connectivity index (χ2v) is 6.33. The molecule has 0 unspecified atom stereocenters. The van der Waals surface area contributed by atoms with Crippen molar-refractivity contribution in [2.24, 2.45) is 0 Å². The van der Waals surface area contributed by atoms with E-state index in [9.17, 15) is 4.79 Å². The van der Waals surface area contributed by atoms with Crippen LogP contribution in [-0.4, -0.2) is 42.0 Å². The van der Waals surface area contributed by atoms with Crippen molar-refractivity contribution in [2.45, 2.75) is 25.7 Å². The van der Waals surface area contributed by atoms with E-state index in [1.54, 1.807) is 6.20 Å². The Labute approximate surface area is 168 Å². The maximum absolute atomic E-state index is 12.2. The predicted octanol–water partition coefficient (Wildman–Crippen LogP) is 3.54. The monoisotopic (exact) mass is 395 g/mol. The first-order chi connectivity index (χ1) is 11.8. The number of hydrogen-bond donors (Lipinski definition) is 1. The van der Waals surface area contributed by atoms with E-state index >= 15 is 0 Å². The van der Waals surface area contributed by atoms with Gasteiger partial charge in [-0.1, -0.05) is 30.3 Å².